The van der Waals surface area contributed by atoms with Crippen molar-refractivity contribution in [2.24, 2.45) is 0 Å². The Kier molecular flexibility index (Phi) is 3.72. The highest BCUT2D eigenvalue weighted by molar-refractivity contribution is 7.81. The Bertz CT molecular complexity index is 151. The summed E-state index contributed by atoms with van der Waals surface area (Å²) >= 11 is 0. The van der Waals surface area contributed by atoms with Crippen molar-refractivity contribution >= 4 is 10.5 Å². The van der Waals surface area contributed by atoms with Gasteiger partial charge in [-0.3, -0.25) is 0 Å². The lowest BCUT2D eigenvalue weighted by Crippen LogP contribution is -1.99. The van der Waals surface area contributed by atoms with Crippen LogP contribution in [0.1, 0.15) is 19.8 Å². The Morgan fingerprint density at radius 2 is 2.11 bits per heavy atom. The van der Waals surface area contributed by atoms with Gasteiger partial charge in [0.2, 0.25) is 0 Å². The van der Waals surface area contributed by atoms with E-state index in [0.717, 1.165) is 6.42 Å². The third-order valence-electron chi connectivity index (χ3n) is 0.722. The number of halogens is 1. The van der Waals surface area contributed by atoms with Crippen molar-refractivity contribution < 1.29 is 16.5 Å². The molecule has 0 aliphatic heterocycles. The van der Waals surface area contributed by atoms with Crippen LogP contribution in [-0.2, 0) is 14.7 Å². The number of hydrogen-bond acceptors (Lipinski definition) is 3. The van der Waals surface area contributed by atoms with E-state index < -0.39 is 10.5 Å². The van der Waals surface area contributed by atoms with Gasteiger partial charge in [-0.05, 0) is 6.42 Å². The average Bonchev–Trinajstić information content (AvgIpc) is 1.63. The topological polar surface area (TPSA) is 43.4 Å². The van der Waals surface area contributed by atoms with Crippen LogP contribution in [0.3, 0.4) is 0 Å². The van der Waals surface area contributed by atoms with E-state index in [1.807, 2.05) is 6.92 Å². The summed E-state index contributed by atoms with van der Waals surface area (Å²) in [6.45, 7) is 1.80. The summed E-state index contributed by atoms with van der Waals surface area (Å²) in [4.78, 5) is 0. The van der Waals surface area contributed by atoms with E-state index in [1.54, 1.807) is 0 Å². The fourth-order valence-electron chi connectivity index (χ4n) is 0.303. The van der Waals surface area contributed by atoms with Crippen LogP contribution in [0.25, 0.3) is 0 Å². The van der Waals surface area contributed by atoms with Crippen molar-refractivity contribution in [1.29, 1.82) is 0 Å². The van der Waals surface area contributed by atoms with Gasteiger partial charge >= 0.3 is 10.5 Å². The summed E-state index contributed by atoms with van der Waals surface area (Å²) in [5.74, 6) is 0. The predicted molar refractivity (Wildman–Crippen MR) is 30.9 cm³/mol. The molecule has 0 heterocycles. The zero-order chi connectivity index (χ0) is 7.33. The maximum absolute atomic E-state index is 11.5. The molecule has 0 N–H and O–H groups in total. The van der Waals surface area contributed by atoms with E-state index in [9.17, 15) is 12.3 Å². The fourth-order valence-corrected chi connectivity index (χ4v) is 0.620. The van der Waals surface area contributed by atoms with Crippen molar-refractivity contribution in [1.82, 2.24) is 0 Å². The fraction of sp³-hybridized carbons (Fsp3) is 1.00. The van der Waals surface area contributed by atoms with Gasteiger partial charge in [-0.1, -0.05) is 17.2 Å². The maximum atomic E-state index is 11.5. The Balaban J connectivity index is 3.30. The van der Waals surface area contributed by atoms with Gasteiger partial charge in [-0.15, -0.1) is 0 Å². The molecule has 0 amide bonds. The van der Waals surface area contributed by atoms with Crippen molar-refractivity contribution in [3.63, 3.8) is 0 Å². The molecule has 0 aliphatic rings. The molecule has 0 unspecified atom stereocenters. The molecule has 0 rings (SSSR count). The molecule has 0 saturated carbocycles. The minimum atomic E-state index is -4.70. The molecule has 0 fully saturated rings. The van der Waals surface area contributed by atoms with Crippen LogP contribution < -0.4 is 0 Å². The second-order valence-electron chi connectivity index (χ2n) is 1.57. The molecule has 0 radical (unpaired) electrons. The van der Waals surface area contributed by atoms with Crippen LogP contribution in [-0.4, -0.2) is 15.0 Å². The standard InChI is InChI=1S/C4H9FO3S/c1-2-3-4-8-9(5,6)7/h2-4H2,1H3. The van der Waals surface area contributed by atoms with Gasteiger partial charge in [-0.2, -0.15) is 8.42 Å². The lowest BCUT2D eigenvalue weighted by molar-refractivity contribution is 0.288. The third kappa shape index (κ3) is 7.84. The number of unbranched alkanes of at least 4 members (excludes halogenated alkanes) is 1. The average molecular weight is 156 g/mol. The van der Waals surface area contributed by atoms with E-state index in [-0.39, 0.29) is 6.61 Å². The van der Waals surface area contributed by atoms with Gasteiger partial charge in [-0.25, -0.2) is 4.18 Å². The Labute approximate surface area is 54.2 Å². The summed E-state index contributed by atoms with van der Waals surface area (Å²) in [6, 6.07) is 0. The highest BCUT2D eigenvalue weighted by Gasteiger charge is 2.04. The highest BCUT2D eigenvalue weighted by atomic mass is 32.3. The van der Waals surface area contributed by atoms with Crippen LogP contribution in [0.5, 0.6) is 0 Å². The highest BCUT2D eigenvalue weighted by Crippen LogP contribution is 1.96. The molecule has 0 spiro atoms. The van der Waals surface area contributed by atoms with Crippen molar-refractivity contribution in [2.45, 2.75) is 19.8 Å². The third-order valence-corrected chi connectivity index (χ3v) is 1.17. The molecule has 0 aromatic heterocycles. The molecule has 0 aromatic rings. The predicted octanol–water partition coefficient (Wildman–Crippen LogP) is 1.02. The summed E-state index contributed by atoms with van der Waals surface area (Å²) in [5, 5.41) is 0. The van der Waals surface area contributed by atoms with E-state index in [0.29, 0.717) is 6.42 Å². The van der Waals surface area contributed by atoms with Gasteiger partial charge in [0.15, 0.2) is 0 Å². The summed E-state index contributed by atoms with van der Waals surface area (Å²) in [5.41, 5.74) is 0. The molecular formula is C4H9FO3S. The van der Waals surface area contributed by atoms with E-state index >= 15 is 0 Å². The Morgan fingerprint density at radius 1 is 1.56 bits per heavy atom. The van der Waals surface area contributed by atoms with Crippen molar-refractivity contribution in [3.05, 3.63) is 0 Å². The number of rotatable bonds is 4. The minimum absolute atomic E-state index is 0.0602. The Hall–Kier alpha value is -0.160. The molecule has 0 aromatic carbocycles. The lowest BCUT2D eigenvalue weighted by atomic mass is 10.4. The second-order valence-corrected chi connectivity index (χ2v) is 2.59. The zero-order valence-electron chi connectivity index (χ0n) is 5.13. The minimum Gasteiger partial charge on any atom is -0.245 e. The first-order valence-corrected chi connectivity index (χ1v) is 3.96. The number of hydrogen-bond donors (Lipinski definition) is 0. The first-order valence-electron chi connectivity index (χ1n) is 2.65. The van der Waals surface area contributed by atoms with Gasteiger partial charge in [0.1, 0.15) is 0 Å². The summed E-state index contributed by atoms with van der Waals surface area (Å²) in [6.07, 6.45) is 1.35. The molecule has 9 heavy (non-hydrogen) atoms. The molecule has 0 bridgehead atoms. The SMILES string of the molecule is CCCCOS(=O)(=O)F. The van der Waals surface area contributed by atoms with Gasteiger partial charge < -0.3 is 0 Å². The smallest absolute Gasteiger partial charge is 0.245 e. The van der Waals surface area contributed by atoms with Crippen LogP contribution in [0, 0.1) is 0 Å². The molecule has 0 atom stereocenters. The normalized spacial score (nSPS) is 11.8. The van der Waals surface area contributed by atoms with E-state index in [4.69, 9.17) is 0 Å². The van der Waals surface area contributed by atoms with Crippen LogP contribution in [0.15, 0.2) is 0 Å². The zero-order valence-corrected chi connectivity index (χ0v) is 5.95. The van der Waals surface area contributed by atoms with Gasteiger partial charge in [0.05, 0.1) is 6.61 Å². The maximum Gasteiger partial charge on any atom is 0.437 e. The molecular weight excluding hydrogens is 147 g/mol. The first kappa shape index (κ1) is 8.84. The van der Waals surface area contributed by atoms with Gasteiger partial charge in [0.25, 0.3) is 0 Å². The quantitative estimate of drug-likeness (QED) is 0.450. The van der Waals surface area contributed by atoms with Gasteiger partial charge in [0, 0.05) is 0 Å². The van der Waals surface area contributed by atoms with Crippen LogP contribution in [0.2, 0.25) is 0 Å². The largest absolute Gasteiger partial charge is 0.437 e. The van der Waals surface area contributed by atoms with Crippen molar-refractivity contribution in [3.8, 4) is 0 Å². The van der Waals surface area contributed by atoms with Crippen LogP contribution in [0.4, 0.5) is 3.89 Å². The molecule has 0 aliphatic carbocycles. The second kappa shape index (κ2) is 3.79. The summed E-state index contributed by atoms with van der Waals surface area (Å²) in [7, 11) is -4.70. The first-order chi connectivity index (χ1) is 4.06. The molecule has 56 valence electrons. The lowest BCUT2D eigenvalue weighted by Gasteiger charge is -1.93. The molecule has 5 heteroatoms. The van der Waals surface area contributed by atoms with E-state index in [2.05, 4.69) is 4.18 Å². The van der Waals surface area contributed by atoms with Crippen LogP contribution >= 0.6 is 0 Å². The van der Waals surface area contributed by atoms with Crippen molar-refractivity contribution in [2.75, 3.05) is 6.61 Å². The summed E-state index contributed by atoms with van der Waals surface area (Å²) < 4.78 is 34.5. The van der Waals surface area contributed by atoms with E-state index in [1.165, 1.54) is 0 Å². The molecule has 0 saturated heterocycles. The molecule has 3 nitrogen and oxygen atoms in total. The Morgan fingerprint density at radius 3 is 2.44 bits per heavy atom. The monoisotopic (exact) mass is 156 g/mol.